The lowest BCUT2D eigenvalue weighted by atomic mass is 10.1. The summed E-state index contributed by atoms with van der Waals surface area (Å²) in [5, 5.41) is 3.54. The molecule has 1 rings (SSSR count). The standard InChI is InChI=1S/C14H24N2/c1-3-4-5-12(2)16-11-14-8-6-13(10-15)7-9-14/h6-9,12,16H,3-5,10-11,15H2,1-2H3. The minimum atomic E-state index is 0.606. The lowest BCUT2D eigenvalue weighted by Crippen LogP contribution is -2.25. The van der Waals surface area contributed by atoms with Gasteiger partial charge in [0.05, 0.1) is 0 Å². The number of hydrogen-bond donors (Lipinski definition) is 2. The molecule has 2 nitrogen and oxygen atoms in total. The fourth-order valence-corrected chi connectivity index (χ4v) is 1.70. The lowest BCUT2D eigenvalue weighted by Gasteiger charge is -2.13. The molecule has 0 saturated carbocycles. The van der Waals surface area contributed by atoms with Crippen LogP contribution in [0.25, 0.3) is 0 Å². The van der Waals surface area contributed by atoms with Crippen LogP contribution in [-0.2, 0) is 13.1 Å². The molecule has 0 fully saturated rings. The average Bonchev–Trinajstić information content (AvgIpc) is 2.34. The summed E-state index contributed by atoms with van der Waals surface area (Å²) in [6, 6.07) is 9.12. The molecule has 0 aliphatic carbocycles. The highest BCUT2D eigenvalue weighted by molar-refractivity contribution is 5.22. The van der Waals surface area contributed by atoms with E-state index in [9.17, 15) is 0 Å². The van der Waals surface area contributed by atoms with Gasteiger partial charge in [0.15, 0.2) is 0 Å². The molecule has 2 heteroatoms. The van der Waals surface area contributed by atoms with Gasteiger partial charge in [-0.25, -0.2) is 0 Å². The van der Waals surface area contributed by atoms with Gasteiger partial charge in [0, 0.05) is 19.1 Å². The number of nitrogens with two attached hydrogens (primary N) is 1. The first-order chi connectivity index (χ1) is 7.76. The summed E-state index contributed by atoms with van der Waals surface area (Å²) in [5.41, 5.74) is 8.09. The predicted molar refractivity (Wildman–Crippen MR) is 70.2 cm³/mol. The number of nitrogens with one attached hydrogen (secondary N) is 1. The zero-order chi connectivity index (χ0) is 11.8. The van der Waals surface area contributed by atoms with Crippen LogP contribution < -0.4 is 11.1 Å². The Morgan fingerprint density at radius 3 is 2.38 bits per heavy atom. The molecule has 16 heavy (non-hydrogen) atoms. The Kier molecular flexibility index (Phi) is 6.12. The van der Waals surface area contributed by atoms with Crippen LogP contribution >= 0.6 is 0 Å². The van der Waals surface area contributed by atoms with Crippen molar-refractivity contribution in [1.82, 2.24) is 5.32 Å². The summed E-state index contributed by atoms with van der Waals surface area (Å²) >= 11 is 0. The van der Waals surface area contributed by atoms with Gasteiger partial charge in [-0.05, 0) is 24.5 Å². The number of hydrogen-bond acceptors (Lipinski definition) is 2. The van der Waals surface area contributed by atoms with Crippen molar-refractivity contribution < 1.29 is 0 Å². The molecule has 90 valence electrons. The molecule has 1 atom stereocenters. The first-order valence-corrected chi connectivity index (χ1v) is 6.27. The fourth-order valence-electron chi connectivity index (χ4n) is 1.70. The maximum absolute atomic E-state index is 5.56. The smallest absolute Gasteiger partial charge is 0.0207 e. The van der Waals surface area contributed by atoms with Crippen LogP contribution in [0.15, 0.2) is 24.3 Å². The summed E-state index contributed by atoms with van der Waals surface area (Å²) in [6.45, 7) is 6.07. The number of unbranched alkanes of at least 4 members (excludes halogenated alkanes) is 1. The van der Waals surface area contributed by atoms with Crippen molar-refractivity contribution in [3.8, 4) is 0 Å². The van der Waals surface area contributed by atoms with E-state index in [-0.39, 0.29) is 0 Å². The van der Waals surface area contributed by atoms with Gasteiger partial charge in [-0.15, -0.1) is 0 Å². The molecule has 0 heterocycles. The number of benzene rings is 1. The van der Waals surface area contributed by atoms with Crippen LogP contribution in [0.2, 0.25) is 0 Å². The highest BCUT2D eigenvalue weighted by Gasteiger charge is 2.00. The molecule has 3 N–H and O–H groups in total. The second-order valence-electron chi connectivity index (χ2n) is 4.44. The van der Waals surface area contributed by atoms with Gasteiger partial charge < -0.3 is 11.1 Å². The van der Waals surface area contributed by atoms with Crippen LogP contribution in [0.1, 0.15) is 44.2 Å². The molecule has 0 radical (unpaired) electrons. The van der Waals surface area contributed by atoms with Crippen LogP contribution in [0, 0.1) is 0 Å². The van der Waals surface area contributed by atoms with Crippen molar-refractivity contribution in [3.05, 3.63) is 35.4 Å². The summed E-state index contributed by atoms with van der Waals surface area (Å²) in [7, 11) is 0. The zero-order valence-electron chi connectivity index (χ0n) is 10.5. The van der Waals surface area contributed by atoms with E-state index in [1.54, 1.807) is 0 Å². The summed E-state index contributed by atoms with van der Waals surface area (Å²) in [6.07, 6.45) is 3.84. The second kappa shape index (κ2) is 7.42. The molecule has 0 aliphatic rings. The Balaban J connectivity index is 2.30. The molecule has 0 spiro atoms. The van der Waals surface area contributed by atoms with Gasteiger partial charge in [-0.1, -0.05) is 44.0 Å². The van der Waals surface area contributed by atoms with Crippen LogP contribution in [0.4, 0.5) is 0 Å². The van der Waals surface area contributed by atoms with E-state index < -0.39 is 0 Å². The Bertz CT molecular complexity index is 279. The largest absolute Gasteiger partial charge is 0.326 e. The van der Waals surface area contributed by atoms with E-state index in [4.69, 9.17) is 5.73 Å². The summed E-state index contributed by atoms with van der Waals surface area (Å²) < 4.78 is 0. The highest BCUT2D eigenvalue weighted by atomic mass is 14.9. The SMILES string of the molecule is CCCCC(C)NCc1ccc(CN)cc1. The van der Waals surface area contributed by atoms with E-state index in [1.807, 2.05) is 0 Å². The van der Waals surface area contributed by atoms with Crippen molar-refractivity contribution in [3.63, 3.8) is 0 Å². The minimum Gasteiger partial charge on any atom is -0.326 e. The van der Waals surface area contributed by atoms with Crippen molar-refractivity contribution in [2.45, 2.75) is 52.2 Å². The maximum atomic E-state index is 5.56. The molecule has 1 unspecified atom stereocenters. The Hall–Kier alpha value is -0.860. The van der Waals surface area contributed by atoms with E-state index in [2.05, 4.69) is 43.4 Å². The first-order valence-electron chi connectivity index (χ1n) is 6.27. The third kappa shape index (κ3) is 4.77. The van der Waals surface area contributed by atoms with Crippen LogP contribution in [-0.4, -0.2) is 6.04 Å². The average molecular weight is 220 g/mol. The summed E-state index contributed by atoms with van der Waals surface area (Å²) in [5.74, 6) is 0. The van der Waals surface area contributed by atoms with Crippen LogP contribution in [0.5, 0.6) is 0 Å². The molecule has 1 aromatic carbocycles. The normalized spacial score (nSPS) is 12.7. The van der Waals surface area contributed by atoms with E-state index in [0.29, 0.717) is 12.6 Å². The van der Waals surface area contributed by atoms with E-state index in [0.717, 1.165) is 6.54 Å². The molecule has 0 aliphatic heterocycles. The Morgan fingerprint density at radius 1 is 1.19 bits per heavy atom. The van der Waals surface area contributed by atoms with Gasteiger partial charge in [0.25, 0.3) is 0 Å². The third-order valence-electron chi connectivity index (χ3n) is 2.90. The number of rotatable bonds is 7. The molecule has 1 aromatic rings. The quantitative estimate of drug-likeness (QED) is 0.741. The van der Waals surface area contributed by atoms with Gasteiger partial charge >= 0.3 is 0 Å². The zero-order valence-corrected chi connectivity index (χ0v) is 10.5. The Morgan fingerprint density at radius 2 is 1.81 bits per heavy atom. The summed E-state index contributed by atoms with van der Waals surface area (Å²) in [4.78, 5) is 0. The molecule has 0 saturated heterocycles. The predicted octanol–water partition coefficient (Wildman–Crippen LogP) is 2.81. The highest BCUT2D eigenvalue weighted by Crippen LogP contribution is 2.05. The molecule has 0 aromatic heterocycles. The topological polar surface area (TPSA) is 38.0 Å². The fraction of sp³-hybridized carbons (Fsp3) is 0.571. The maximum Gasteiger partial charge on any atom is 0.0207 e. The van der Waals surface area contributed by atoms with E-state index >= 15 is 0 Å². The van der Waals surface area contributed by atoms with Crippen molar-refractivity contribution in [1.29, 1.82) is 0 Å². The molecule has 0 amide bonds. The second-order valence-corrected chi connectivity index (χ2v) is 4.44. The van der Waals surface area contributed by atoms with Gasteiger partial charge in [-0.3, -0.25) is 0 Å². The van der Waals surface area contributed by atoms with Gasteiger partial charge in [0.2, 0.25) is 0 Å². The van der Waals surface area contributed by atoms with Crippen molar-refractivity contribution >= 4 is 0 Å². The van der Waals surface area contributed by atoms with Gasteiger partial charge in [0.1, 0.15) is 0 Å². The Labute approximate surface area is 99.2 Å². The van der Waals surface area contributed by atoms with Gasteiger partial charge in [-0.2, -0.15) is 0 Å². The minimum absolute atomic E-state index is 0.606. The molecule has 0 bridgehead atoms. The van der Waals surface area contributed by atoms with Crippen LogP contribution in [0.3, 0.4) is 0 Å². The lowest BCUT2D eigenvalue weighted by molar-refractivity contribution is 0.495. The van der Waals surface area contributed by atoms with Crippen molar-refractivity contribution in [2.75, 3.05) is 0 Å². The monoisotopic (exact) mass is 220 g/mol. The molecular weight excluding hydrogens is 196 g/mol. The molecular formula is C14H24N2. The third-order valence-corrected chi connectivity index (χ3v) is 2.90. The first kappa shape index (κ1) is 13.2. The van der Waals surface area contributed by atoms with Crippen molar-refractivity contribution in [2.24, 2.45) is 5.73 Å². The van der Waals surface area contributed by atoms with E-state index in [1.165, 1.54) is 30.4 Å².